The van der Waals surface area contributed by atoms with Crippen LogP contribution in [0.1, 0.15) is 33.6 Å². The van der Waals surface area contributed by atoms with Gasteiger partial charge in [0.05, 0.1) is 12.4 Å². The molecule has 27 heavy (non-hydrogen) atoms. The maximum atomic E-state index is 12.5. The highest BCUT2D eigenvalue weighted by Gasteiger charge is 2.19. The standard InChI is InChI=1S/C22H22N4O/c1-15-9-10-16(2)18(12-15)25-22(27)19-13-24-21(14-23-19)26-11-5-7-17-6-3-4-8-20(17)26/h3-4,6,8-10,12-14H,5,7,11H2,1-2H3,(H,25,27). The Balaban J connectivity index is 1.54. The molecule has 5 heteroatoms. The fourth-order valence-electron chi connectivity index (χ4n) is 3.41. The summed E-state index contributed by atoms with van der Waals surface area (Å²) in [7, 11) is 0. The fraction of sp³-hybridized carbons (Fsp3) is 0.227. The number of hydrogen-bond donors (Lipinski definition) is 1. The van der Waals surface area contributed by atoms with E-state index < -0.39 is 0 Å². The maximum absolute atomic E-state index is 12.5. The minimum absolute atomic E-state index is 0.248. The Kier molecular flexibility index (Phi) is 4.59. The lowest BCUT2D eigenvalue weighted by Crippen LogP contribution is -2.25. The van der Waals surface area contributed by atoms with E-state index in [0.717, 1.165) is 42.0 Å². The predicted octanol–water partition coefficient (Wildman–Crippen LogP) is 4.43. The van der Waals surface area contributed by atoms with Crippen LogP contribution >= 0.6 is 0 Å². The van der Waals surface area contributed by atoms with Crippen LogP contribution in [-0.4, -0.2) is 22.4 Å². The van der Waals surface area contributed by atoms with Gasteiger partial charge in [0, 0.05) is 17.9 Å². The Hall–Kier alpha value is -3.21. The van der Waals surface area contributed by atoms with Crippen molar-refractivity contribution in [1.29, 1.82) is 0 Å². The number of rotatable bonds is 3. The van der Waals surface area contributed by atoms with Crippen LogP contribution < -0.4 is 10.2 Å². The van der Waals surface area contributed by atoms with Crippen molar-refractivity contribution in [3.63, 3.8) is 0 Å². The number of amides is 1. The van der Waals surface area contributed by atoms with Gasteiger partial charge in [-0.05, 0) is 55.5 Å². The number of aromatic nitrogens is 2. The van der Waals surface area contributed by atoms with Crippen molar-refractivity contribution < 1.29 is 4.79 Å². The second-order valence-electron chi connectivity index (χ2n) is 6.92. The monoisotopic (exact) mass is 358 g/mol. The van der Waals surface area contributed by atoms with Crippen molar-refractivity contribution in [1.82, 2.24) is 9.97 Å². The van der Waals surface area contributed by atoms with Crippen molar-refractivity contribution in [2.45, 2.75) is 26.7 Å². The molecule has 1 aliphatic heterocycles. The van der Waals surface area contributed by atoms with E-state index in [9.17, 15) is 4.79 Å². The molecule has 0 bridgehead atoms. The van der Waals surface area contributed by atoms with Gasteiger partial charge in [-0.2, -0.15) is 0 Å². The van der Waals surface area contributed by atoms with Crippen molar-refractivity contribution in [3.8, 4) is 0 Å². The van der Waals surface area contributed by atoms with Crippen molar-refractivity contribution in [3.05, 3.63) is 77.2 Å². The summed E-state index contributed by atoms with van der Waals surface area (Å²) >= 11 is 0. The summed E-state index contributed by atoms with van der Waals surface area (Å²) in [6, 6.07) is 14.3. The summed E-state index contributed by atoms with van der Waals surface area (Å²) < 4.78 is 0. The number of anilines is 3. The van der Waals surface area contributed by atoms with E-state index in [1.54, 1.807) is 12.4 Å². The molecule has 2 aromatic carbocycles. The van der Waals surface area contributed by atoms with Crippen LogP contribution in [0.3, 0.4) is 0 Å². The smallest absolute Gasteiger partial charge is 0.275 e. The largest absolute Gasteiger partial charge is 0.325 e. The van der Waals surface area contributed by atoms with Gasteiger partial charge in [0.25, 0.3) is 5.91 Å². The molecule has 0 unspecified atom stereocenters. The molecule has 0 spiro atoms. The van der Waals surface area contributed by atoms with Crippen molar-refractivity contribution in [2.24, 2.45) is 0 Å². The van der Waals surface area contributed by atoms with Crippen LogP contribution in [0, 0.1) is 13.8 Å². The normalized spacial score (nSPS) is 13.2. The first-order valence-corrected chi connectivity index (χ1v) is 9.18. The highest BCUT2D eigenvalue weighted by molar-refractivity contribution is 6.03. The van der Waals surface area contributed by atoms with Crippen LogP contribution in [-0.2, 0) is 6.42 Å². The Bertz CT molecular complexity index is 982. The molecular formula is C22H22N4O. The molecule has 0 saturated heterocycles. The Morgan fingerprint density at radius 2 is 1.93 bits per heavy atom. The number of nitrogens with one attached hydrogen (secondary N) is 1. The Morgan fingerprint density at radius 3 is 2.74 bits per heavy atom. The van der Waals surface area contributed by atoms with E-state index in [-0.39, 0.29) is 5.91 Å². The second-order valence-corrected chi connectivity index (χ2v) is 6.92. The lowest BCUT2D eigenvalue weighted by atomic mass is 10.0. The second kappa shape index (κ2) is 7.19. The molecule has 0 atom stereocenters. The average Bonchev–Trinajstić information content (AvgIpc) is 2.70. The molecule has 0 saturated carbocycles. The number of carbonyl (C=O) groups excluding carboxylic acids is 1. The van der Waals surface area contributed by atoms with Crippen LogP contribution in [0.15, 0.2) is 54.9 Å². The van der Waals surface area contributed by atoms with E-state index in [0.29, 0.717) is 5.69 Å². The van der Waals surface area contributed by atoms with E-state index in [2.05, 4.69) is 38.4 Å². The Labute approximate surface area is 159 Å². The average molecular weight is 358 g/mol. The van der Waals surface area contributed by atoms with Gasteiger partial charge in [-0.3, -0.25) is 4.79 Å². The van der Waals surface area contributed by atoms with Crippen LogP contribution in [0.2, 0.25) is 0 Å². The number of carbonyl (C=O) groups is 1. The fourth-order valence-corrected chi connectivity index (χ4v) is 3.41. The molecule has 2 heterocycles. The molecule has 1 amide bonds. The Morgan fingerprint density at radius 1 is 1.07 bits per heavy atom. The zero-order chi connectivity index (χ0) is 18.8. The van der Waals surface area contributed by atoms with Gasteiger partial charge in [-0.1, -0.05) is 30.3 Å². The van der Waals surface area contributed by atoms with Gasteiger partial charge in [0.1, 0.15) is 5.69 Å². The number of fused-ring (bicyclic) bond motifs is 1. The van der Waals surface area contributed by atoms with Crippen LogP contribution in [0.4, 0.5) is 17.2 Å². The first-order chi connectivity index (χ1) is 13.1. The number of nitrogens with zero attached hydrogens (tertiary/aromatic N) is 3. The van der Waals surface area contributed by atoms with Gasteiger partial charge < -0.3 is 10.2 Å². The van der Waals surface area contributed by atoms with E-state index >= 15 is 0 Å². The number of benzene rings is 2. The zero-order valence-corrected chi connectivity index (χ0v) is 15.6. The van der Waals surface area contributed by atoms with E-state index in [1.165, 1.54) is 11.3 Å². The molecular weight excluding hydrogens is 336 g/mol. The summed E-state index contributed by atoms with van der Waals surface area (Å²) in [4.78, 5) is 23.6. The van der Waals surface area contributed by atoms with Gasteiger partial charge >= 0.3 is 0 Å². The lowest BCUT2D eigenvalue weighted by molar-refractivity contribution is 0.102. The predicted molar refractivity (Wildman–Crippen MR) is 108 cm³/mol. The molecule has 4 rings (SSSR count). The minimum Gasteiger partial charge on any atom is -0.325 e. The SMILES string of the molecule is Cc1ccc(C)c(NC(=O)c2cnc(N3CCCc4ccccc43)cn2)c1. The van der Waals surface area contributed by atoms with E-state index in [1.807, 2.05) is 38.1 Å². The van der Waals surface area contributed by atoms with E-state index in [4.69, 9.17) is 0 Å². The molecule has 0 radical (unpaired) electrons. The molecule has 136 valence electrons. The summed E-state index contributed by atoms with van der Waals surface area (Å²) in [5, 5.41) is 2.93. The third-order valence-corrected chi connectivity index (χ3v) is 4.90. The minimum atomic E-state index is -0.248. The van der Waals surface area contributed by atoms with Crippen LogP contribution in [0.25, 0.3) is 0 Å². The summed E-state index contributed by atoms with van der Waals surface area (Å²) in [5.74, 6) is 0.521. The first kappa shape index (κ1) is 17.2. The first-order valence-electron chi connectivity index (χ1n) is 9.18. The van der Waals surface area contributed by atoms with Crippen molar-refractivity contribution >= 4 is 23.1 Å². The topological polar surface area (TPSA) is 58.1 Å². The highest BCUT2D eigenvalue weighted by Crippen LogP contribution is 2.31. The van der Waals surface area contributed by atoms with Crippen LogP contribution in [0.5, 0.6) is 0 Å². The number of hydrogen-bond acceptors (Lipinski definition) is 4. The molecule has 1 N–H and O–H groups in total. The molecule has 0 fully saturated rings. The van der Waals surface area contributed by atoms with Gasteiger partial charge in [-0.25, -0.2) is 9.97 Å². The highest BCUT2D eigenvalue weighted by atomic mass is 16.1. The quantitative estimate of drug-likeness (QED) is 0.752. The number of para-hydroxylation sites is 1. The van der Waals surface area contributed by atoms with Crippen molar-refractivity contribution in [2.75, 3.05) is 16.8 Å². The van der Waals surface area contributed by atoms with Gasteiger partial charge in [0.15, 0.2) is 5.82 Å². The lowest BCUT2D eigenvalue weighted by Gasteiger charge is -2.30. The van der Waals surface area contributed by atoms with Gasteiger partial charge in [0.2, 0.25) is 0 Å². The summed E-state index contributed by atoms with van der Waals surface area (Å²) in [6.45, 7) is 4.87. The third-order valence-electron chi connectivity index (χ3n) is 4.90. The number of aryl methyl sites for hydroxylation is 3. The maximum Gasteiger partial charge on any atom is 0.275 e. The summed E-state index contributed by atoms with van der Waals surface area (Å²) in [5.41, 5.74) is 5.72. The molecule has 1 aromatic heterocycles. The third kappa shape index (κ3) is 3.53. The summed E-state index contributed by atoms with van der Waals surface area (Å²) in [6.07, 6.45) is 5.39. The van der Waals surface area contributed by atoms with Gasteiger partial charge in [-0.15, -0.1) is 0 Å². The molecule has 0 aliphatic carbocycles. The molecule has 1 aliphatic rings. The zero-order valence-electron chi connectivity index (χ0n) is 15.6. The molecule has 5 nitrogen and oxygen atoms in total. The molecule has 3 aromatic rings.